The number of carboxylic acids is 1. The molecule has 1 N–H and O–H groups in total. The smallest absolute Gasteiger partial charge is 0.336 e. The van der Waals surface area contributed by atoms with Crippen molar-refractivity contribution in [2.24, 2.45) is 0 Å². The van der Waals surface area contributed by atoms with E-state index < -0.39 is 10.9 Å². The van der Waals surface area contributed by atoms with Gasteiger partial charge in [0.2, 0.25) is 0 Å². The summed E-state index contributed by atoms with van der Waals surface area (Å²) in [5.41, 5.74) is 2.11. The molecule has 0 fully saturated rings. The normalized spacial score (nSPS) is 17.5. The van der Waals surface area contributed by atoms with Gasteiger partial charge in [-0.3, -0.25) is 15.1 Å². The number of pyridine rings is 1. The van der Waals surface area contributed by atoms with Gasteiger partial charge in [0, 0.05) is 23.2 Å². The maximum atomic E-state index is 11.7. The lowest BCUT2D eigenvalue weighted by molar-refractivity contribution is -0.384. The first-order valence-corrected chi connectivity index (χ1v) is 6.83. The van der Waals surface area contributed by atoms with Gasteiger partial charge in [-0.2, -0.15) is 0 Å². The van der Waals surface area contributed by atoms with Crippen molar-refractivity contribution >= 4 is 22.6 Å². The van der Waals surface area contributed by atoms with Crippen molar-refractivity contribution in [1.29, 1.82) is 0 Å². The second-order valence-electron chi connectivity index (χ2n) is 5.41. The Labute approximate surface area is 120 Å². The molecule has 1 heterocycles. The van der Waals surface area contributed by atoms with Crippen molar-refractivity contribution < 1.29 is 14.8 Å². The molecule has 0 aliphatic heterocycles. The molecule has 0 saturated heterocycles. The minimum absolute atomic E-state index is 0.115. The van der Waals surface area contributed by atoms with Gasteiger partial charge < -0.3 is 5.11 Å². The van der Waals surface area contributed by atoms with Gasteiger partial charge >= 0.3 is 5.97 Å². The summed E-state index contributed by atoms with van der Waals surface area (Å²) in [6.45, 7) is 2.04. The van der Waals surface area contributed by atoms with Crippen LogP contribution in [0.25, 0.3) is 10.9 Å². The van der Waals surface area contributed by atoms with E-state index in [0.29, 0.717) is 17.3 Å². The summed E-state index contributed by atoms with van der Waals surface area (Å²) in [5.74, 6) is -0.834. The first-order valence-electron chi connectivity index (χ1n) is 6.83. The van der Waals surface area contributed by atoms with Crippen LogP contribution in [0.3, 0.4) is 0 Å². The van der Waals surface area contributed by atoms with Gasteiger partial charge in [-0.1, -0.05) is 6.92 Å². The Balaban J connectivity index is 2.39. The van der Waals surface area contributed by atoms with Crippen LogP contribution in [0.15, 0.2) is 18.2 Å². The summed E-state index contributed by atoms with van der Waals surface area (Å²) in [7, 11) is 0. The number of nitro groups is 1. The molecule has 6 heteroatoms. The average Bonchev–Trinajstić information content (AvgIpc) is 2.44. The Kier molecular flexibility index (Phi) is 3.08. The van der Waals surface area contributed by atoms with E-state index >= 15 is 0 Å². The predicted molar refractivity (Wildman–Crippen MR) is 76.7 cm³/mol. The third-order valence-corrected chi connectivity index (χ3v) is 4.06. The summed E-state index contributed by atoms with van der Waals surface area (Å²) in [5, 5.41) is 20.8. The fraction of sp³-hybridized carbons (Fsp3) is 0.333. The number of fused-ring (bicyclic) bond motifs is 2. The first kappa shape index (κ1) is 13.5. The van der Waals surface area contributed by atoms with Crippen molar-refractivity contribution in [3.05, 3.63) is 45.1 Å². The van der Waals surface area contributed by atoms with Crippen LogP contribution in [0.1, 0.15) is 47.3 Å². The van der Waals surface area contributed by atoms with Gasteiger partial charge in [0.1, 0.15) is 0 Å². The fourth-order valence-corrected chi connectivity index (χ4v) is 3.05. The Morgan fingerprint density at radius 1 is 1.48 bits per heavy atom. The third kappa shape index (κ3) is 2.12. The van der Waals surface area contributed by atoms with Gasteiger partial charge in [-0.25, -0.2) is 4.79 Å². The molecule has 1 aromatic heterocycles. The molecule has 1 aliphatic carbocycles. The van der Waals surface area contributed by atoms with Gasteiger partial charge in [0.25, 0.3) is 5.69 Å². The lowest BCUT2D eigenvalue weighted by Gasteiger charge is -2.23. The van der Waals surface area contributed by atoms with E-state index in [9.17, 15) is 20.0 Å². The van der Waals surface area contributed by atoms with Crippen molar-refractivity contribution in [3.8, 4) is 0 Å². The topological polar surface area (TPSA) is 93.3 Å². The highest BCUT2D eigenvalue weighted by Gasteiger charge is 2.26. The number of benzene rings is 1. The molecule has 3 rings (SSSR count). The molecule has 0 bridgehead atoms. The molecule has 1 unspecified atom stereocenters. The molecular weight excluding hydrogens is 272 g/mol. The minimum Gasteiger partial charge on any atom is -0.478 e. The van der Waals surface area contributed by atoms with E-state index in [1.54, 1.807) is 0 Å². The number of non-ortho nitro benzene ring substituents is 1. The zero-order valence-electron chi connectivity index (χ0n) is 11.5. The highest BCUT2D eigenvalue weighted by atomic mass is 16.6. The summed E-state index contributed by atoms with van der Waals surface area (Å²) in [6.07, 6.45) is 2.56. The van der Waals surface area contributed by atoms with E-state index in [4.69, 9.17) is 0 Å². The molecular formula is C15H14N2O4. The van der Waals surface area contributed by atoms with Crippen molar-refractivity contribution in [2.75, 3.05) is 0 Å². The van der Waals surface area contributed by atoms with Crippen LogP contribution in [-0.4, -0.2) is 21.0 Å². The summed E-state index contributed by atoms with van der Waals surface area (Å²) < 4.78 is 0. The van der Waals surface area contributed by atoms with E-state index in [0.717, 1.165) is 24.1 Å². The van der Waals surface area contributed by atoms with Crippen molar-refractivity contribution in [1.82, 2.24) is 4.98 Å². The SMILES string of the molecule is CC1CCCc2c1nc1ccc([N+](=O)[O-])cc1c2C(=O)O. The Morgan fingerprint density at radius 2 is 2.24 bits per heavy atom. The molecule has 6 nitrogen and oxygen atoms in total. The molecule has 1 atom stereocenters. The highest BCUT2D eigenvalue weighted by molar-refractivity contribution is 6.04. The zero-order valence-corrected chi connectivity index (χ0v) is 11.5. The number of carboxylic acid groups (broad SMARTS) is 1. The molecule has 0 saturated carbocycles. The summed E-state index contributed by atoms with van der Waals surface area (Å²) in [6, 6.07) is 4.20. The molecule has 1 aliphatic rings. The highest BCUT2D eigenvalue weighted by Crippen LogP contribution is 2.36. The third-order valence-electron chi connectivity index (χ3n) is 4.06. The van der Waals surface area contributed by atoms with E-state index in [2.05, 4.69) is 4.98 Å². The predicted octanol–water partition coefficient (Wildman–Crippen LogP) is 3.28. The maximum Gasteiger partial charge on any atom is 0.336 e. The molecule has 0 radical (unpaired) electrons. The number of rotatable bonds is 2. The van der Waals surface area contributed by atoms with Crippen LogP contribution in [0, 0.1) is 10.1 Å². The number of nitro benzene ring substituents is 1. The minimum atomic E-state index is -1.05. The van der Waals surface area contributed by atoms with E-state index in [1.165, 1.54) is 18.2 Å². The second kappa shape index (κ2) is 4.80. The molecule has 2 aromatic rings. The lowest BCUT2D eigenvalue weighted by Crippen LogP contribution is -2.15. The molecule has 21 heavy (non-hydrogen) atoms. The molecule has 0 spiro atoms. The van der Waals surface area contributed by atoms with Crippen molar-refractivity contribution in [3.63, 3.8) is 0 Å². The largest absolute Gasteiger partial charge is 0.478 e. The molecule has 1 aromatic carbocycles. The Morgan fingerprint density at radius 3 is 2.90 bits per heavy atom. The number of aromatic nitrogens is 1. The number of nitrogens with zero attached hydrogens (tertiary/aromatic N) is 2. The maximum absolute atomic E-state index is 11.7. The standard InChI is InChI=1S/C15H14N2O4/c1-8-3-2-4-10-13(15(18)19)11-7-9(17(20)21)5-6-12(11)16-14(8)10/h5-8H,2-4H2,1H3,(H,18,19). The van der Waals surface area contributed by atoms with Crippen LogP contribution >= 0.6 is 0 Å². The van der Waals surface area contributed by atoms with Gasteiger partial charge in [0.15, 0.2) is 0 Å². The fourth-order valence-electron chi connectivity index (χ4n) is 3.05. The Bertz CT molecular complexity index is 770. The second-order valence-corrected chi connectivity index (χ2v) is 5.41. The van der Waals surface area contributed by atoms with Crippen LogP contribution in [0.4, 0.5) is 5.69 Å². The van der Waals surface area contributed by atoms with E-state index in [-0.39, 0.29) is 17.2 Å². The number of aromatic carboxylic acids is 1. The van der Waals surface area contributed by atoms with Crippen molar-refractivity contribution in [2.45, 2.75) is 32.1 Å². The van der Waals surface area contributed by atoms with Crippen LogP contribution in [0.2, 0.25) is 0 Å². The van der Waals surface area contributed by atoms with Gasteiger partial charge in [-0.15, -0.1) is 0 Å². The van der Waals surface area contributed by atoms with E-state index in [1.807, 2.05) is 6.92 Å². The number of hydrogen-bond donors (Lipinski definition) is 1. The Hall–Kier alpha value is -2.50. The summed E-state index contributed by atoms with van der Waals surface area (Å²) in [4.78, 5) is 26.6. The van der Waals surface area contributed by atoms with Gasteiger partial charge in [-0.05, 0) is 36.8 Å². The van der Waals surface area contributed by atoms with Crippen LogP contribution < -0.4 is 0 Å². The number of carbonyl (C=O) groups is 1. The lowest BCUT2D eigenvalue weighted by atomic mass is 9.84. The summed E-state index contributed by atoms with van der Waals surface area (Å²) >= 11 is 0. The number of hydrogen-bond acceptors (Lipinski definition) is 4. The molecule has 0 amide bonds. The zero-order chi connectivity index (χ0) is 15.1. The quantitative estimate of drug-likeness (QED) is 0.675. The average molecular weight is 286 g/mol. The first-order chi connectivity index (χ1) is 9.99. The van der Waals surface area contributed by atoms with Crippen LogP contribution in [0.5, 0.6) is 0 Å². The molecule has 108 valence electrons. The van der Waals surface area contributed by atoms with Crippen LogP contribution in [-0.2, 0) is 6.42 Å². The van der Waals surface area contributed by atoms with Gasteiger partial charge in [0.05, 0.1) is 16.0 Å². The monoisotopic (exact) mass is 286 g/mol.